The number of anilines is 2. The first-order valence-corrected chi connectivity index (χ1v) is 6.53. The van der Waals surface area contributed by atoms with Crippen LogP contribution in [0.5, 0.6) is 0 Å². The highest BCUT2D eigenvalue weighted by molar-refractivity contribution is 7.80. The largest absolute Gasteiger partial charge is 0.369 e. The molecule has 1 saturated heterocycles. The lowest BCUT2D eigenvalue weighted by atomic mass is 10.3. The van der Waals surface area contributed by atoms with Gasteiger partial charge in [0.25, 0.3) is 0 Å². The quantitative estimate of drug-likeness (QED) is 0.768. The number of aromatic nitrogens is 2. The number of nitrogens with zero attached hydrogens (tertiary/aromatic N) is 4. The zero-order valence-electron chi connectivity index (χ0n) is 10.1. The number of thiol groups is 1. The maximum atomic E-state index is 4.33. The van der Waals surface area contributed by atoms with Crippen LogP contribution in [0.1, 0.15) is 0 Å². The maximum Gasteiger partial charge on any atom is 0.134 e. The molecule has 17 heavy (non-hydrogen) atoms. The van der Waals surface area contributed by atoms with Crippen molar-refractivity contribution in [2.45, 2.75) is 0 Å². The molecule has 1 N–H and O–H groups in total. The molecular formula is C11H19N5S. The van der Waals surface area contributed by atoms with Gasteiger partial charge < -0.3 is 15.1 Å². The molecule has 0 bridgehead atoms. The fourth-order valence-corrected chi connectivity index (χ4v) is 1.95. The van der Waals surface area contributed by atoms with Gasteiger partial charge in [0, 0.05) is 44.5 Å². The van der Waals surface area contributed by atoms with E-state index in [2.05, 4.69) is 44.8 Å². The number of nitrogens with one attached hydrogen (secondary N) is 1. The molecule has 0 amide bonds. The molecule has 0 spiro atoms. The van der Waals surface area contributed by atoms with Crippen molar-refractivity contribution >= 4 is 24.3 Å². The van der Waals surface area contributed by atoms with Crippen LogP contribution in [-0.4, -0.2) is 60.4 Å². The topological polar surface area (TPSA) is 44.3 Å². The number of hydrogen-bond donors (Lipinski definition) is 2. The first kappa shape index (κ1) is 12.4. The Hall–Kier alpha value is -1.01. The highest BCUT2D eigenvalue weighted by atomic mass is 32.1. The SMILES string of the molecule is CN1CCN(c2cc(NCCS)ncn2)CC1. The Morgan fingerprint density at radius 2 is 2.06 bits per heavy atom. The molecule has 0 atom stereocenters. The van der Waals surface area contributed by atoms with Crippen LogP contribution in [0.2, 0.25) is 0 Å². The molecule has 0 unspecified atom stereocenters. The molecule has 1 aromatic rings. The summed E-state index contributed by atoms with van der Waals surface area (Å²) < 4.78 is 0. The Balaban J connectivity index is 2.00. The van der Waals surface area contributed by atoms with E-state index in [1.54, 1.807) is 6.33 Å². The van der Waals surface area contributed by atoms with Crippen molar-refractivity contribution in [3.8, 4) is 0 Å². The predicted molar refractivity (Wildman–Crippen MR) is 74.1 cm³/mol. The van der Waals surface area contributed by atoms with Gasteiger partial charge in [-0.1, -0.05) is 0 Å². The van der Waals surface area contributed by atoms with E-state index >= 15 is 0 Å². The fraction of sp³-hybridized carbons (Fsp3) is 0.636. The van der Waals surface area contributed by atoms with Crippen molar-refractivity contribution in [1.82, 2.24) is 14.9 Å². The molecule has 0 saturated carbocycles. The zero-order valence-corrected chi connectivity index (χ0v) is 11.0. The Morgan fingerprint density at radius 1 is 1.29 bits per heavy atom. The third kappa shape index (κ3) is 3.47. The summed E-state index contributed by atoms with van der Waals surface area (Å²) in [5.74, 6) is 2.69. The van der Waals surface area contributed by atoms with Gasteiger partial charge in [0.15, 0.2) is 0 Å². The number of rotatable bonds is 4. The number of piperazine rings is 1. The lowest BCUT2D eigenvalue weighted by molar-refractivity contribution is 0.312. The lowest BCUT2D eigenvalue weighted by Crippen LogP contribution is -2.44. The third-order valence-corrected chi connectivity index (χ3v) is 3.12. The van der Waals surface area contributed by atoms with Crippen molar-refractivity contribution in [2.24, 2.45) is 0 Å². The Labute approximate surface area is 108 Å². The van der Waals surface area contributed by atoms with Crippen LogP contribution in [0.3, 0.4) is 0 Å². The fourth-order valence-electron chi connectivity index (χ4n) is 1.84. The van der Waals surface area contributed by atoms with Gasteiger partial charge in [-0.3, -0.25) is 0 Å². The average Bonchev–Trinajstić information content (AvgIpc) is 2.37. The Kier molecular flexibility index (Phi) is 4.44. The first-order valence-electron chi connectivity index (χ1n) is 5.90. The Bertz CT molecular complexity index is 351. The van der Waals surface area contributed by atoms with E-state index in [1.807, 2.05) is 6.07 Å². The summed E-state index contributed by atoms with van der Waals surface area (Å²) in [5, 5.41) is 3.22. The summed E-state index contributed by atoms with van der Waals surface area (Å²) in [6.07, 6.45) is 1.62. The molecule has 0 aliphatic carbocycles. The maximum absolute atomic E-state index is 4.33. The van der Waals surface area contributed by atoms with Crippen LogP contribution < -0.4 is 10.2 Å². The van der Waals surface area contributed by atoms with E-state index in [1.165, 1.54) is 0 Å². The van der Waals surface area contributed by atoms with Crippen LogP contribution in [0.4, 0.5) is 11.6 Å². The molecular weight excluding hydrogens is 234 g/mol. The van der Waals surface area contributed by atoms with Gasteiger partial charge >= 0.3 is 0 Å². The molecule has 1 aliphatic heterocycles. The summed E-state index contributed by atoms with van der Waals surface area (Å²) >= 11 is 4.17. The van der Waals surface area contributed by atoms with Crippen molar-refractivity contribution in [1.29, 1.82) is 0 Å². The second kappa shape index (κ2) is 6.07. The summed E-state index contributed by atoms with van der Waals surface area (Å²) in [6.45, 7) is 5.05. The third-order valence-electron chi connectivity index (χ3n) is 2.90. The van der Waals surface area contributed by atoms with Gasteiger partial charge in [-0.05, 0) is 7.05 Å². The van der Waals surface area contributed by atoms with Crippen LogP contribution in [-0.2, 0) is 0 Å². The van der Waals surface area contributed by atoms with Gasteiger partial charge in [-0.2, -0.15) is 12.6 Å². The molecule has 0 radical (unpaired) electrons. The molecule has 1 fully saturated rings. The lowest BCUT2D eigenvalue weighted by Gasteiger charge is -2.33. The molecule has 6 heteroatoms. The minimum absolute atomic E-state index is 0.799. The summed E-state index contributed by atoms with van der Waals surface area (Å²) in [7, 11) is 2.15. The monoisotopic (exact) mass is 253 g/mol. The minimum atomic E-state index is 0.799. The van der Waals surface area contributed by atoms with E-state index in [0.717, 1.165) is 50.1 Å². The molecule has 2 heterocycles. The van der Waals surface area contributed by atoms with Gasteiger partial charge in [0.2, 0.25) is 0 Å². The van der Waals surface area contributed by atoms with Crippen molar-refractivity contribution in [2.75, 3.05) is 55.7 Å². The van der Waals surface area contributed by atoms with Crippen LogP contribution in [0.25, 0.3) is 0 Å². The van der Waals surface area contributed by atoms with E-state index in [0.29, 0.717) is 0 Å². The van der Waals surface area contributed by atoms with Gasteiger partial charge in [-0.25, -0.2) is 9.97 Å². The highest BCUT2D eigenvalue weighted by Crippen LogP contribution is 2.15. The Morgan fingerprint density at radius 3 is 2.76 bits per heavy atom. The molecule has 1 aromatic heterocycles. The number of hydrogen-bond acceptors (Lipinski definition) is 6. The van der Waals surface area contributed by atoms with E-state index in [4.69, 9.17) is 0 Å². The van der Waals surface area contributed by atoms with Crippen molar-refractivity contribution in [3.63, 3.8) is 0 Å². The van der Waals surface area contributed by atoms with Gasteiger partial charge in [-0.15, -0.1) is 0 Å². The molecule has 5 nitrogen and oxygen atoms in total. The highest BCUT2D eigenvalue weighted by Gasteiger charge is 2.15. The second-order valence-corrected chi connectivity index (χ2v) is 4.65. The molecule has 1 aliphatic rings. The average molecular weight is 253 g/mol. The normalized spacial score (nSPS) is 17.2. The molecule has 2 rings (SSSR count). The second-order valence-electron chi connectivity index (χ2n) is 4.20. The zero-order chi connectivity index (χ0) is 12.1. The summed E-state index contributed by atoms with van der Waals surface area (Å²) in [4.78, 5) is 13.2. The van der Waals surface area contributed by atoms with Crippen LogP contribution >= 0.6 is 12.6 Å². The molecule has 94 valence electrons. The number of likely N-dealkylation sites (N-methyl/N-ethyl adjacent to an activating group) is 1. The van der Waals surface area contributed by atoms with Crippen LogP contribution in [0.15, 0.2) is 12.4 Å². The van der Waals surface area contributed by atoms with Crippen LogP contribution in [0, 0.1) is 0 Å². The predicted octanol–water partition coefficient (Wildman–Crippen LogP) is 0.570. The standard InChI is InChI=1S/C11H19N5S/c1-15-3-5-16(6-4-15)11-8-10(12-2-7-17)13-9-14-11/h8-9,17H,2-7H2,1H3,(H,12,13,14). The first-order chi connectivity index (χ1) is 8.29. The summed E-state index contributed by atoms with van der Waals surface area (Å²) in [6, 6.07) is 2.01. The van der Waals surface area contributed by atoms with Gasteiger partial charge in [0.1, 0.15) is 18.0 Å². The molecule has 0 aromatic carbocycles. The minimum Gasteiger partial charge on any atom is -0.369 e. The van der Waals surface area contributed by atoms with E-state index in [-0.39, 0.29) is 0 Å². The smallest absolute Gasteiger partial charge is 0.134 e. The van der Waals surface area contributed by atoms with E-state index in [9.17, 15) is 0 Å². The summed E-state index contributed by atoms with van der Waals surface area (Å²) in [5.41, 5.74) is 0. The van der Waals surface area contributed by atoms with Crippen molar-refractivity contribution in [3.05, 3.63) is 12.4 Å². The van der Waals surface area contributed by atoms with Gasteiger partial charge in [0.05, 0.1) is 0 Å². The van der Waals surface area contributed by atoms with E-state index < -0.39 is 0 Å². The van der Waals surface area contributed by atoms with Crippen molar-refractivity contribution < 1.29 is 0 Å².